The van der Waals surface area contributed by atoms with E-state index < -0.39 is 12.0 Å². The second kappa shape index (κ2) is 8.49. The van der Waals surface area contributed by atoms with Crippen LogP contribution in [0.1, 0.15) is 37.4 Å². The lowest BCUT2D eigenvalue weighted by Crippen LogP contribution is -2.48. The third kappa shape index (κ3) is 4.35. The molecular weight excluding hydrogens is 306 g/mol. The van der Waals surface area contributed by atoms with Gasteiger partial charge < -0.3 is 20.7 Å². The van der Waals surface area contributed by atoms with Gasteiger partial charge in [0.2, 0.25) is 0 Å². The molecule has 6 nitrogen and oxygen atoms in total. The summed E-state index contributed by atoms with van der Waals surface area (Å²) in [6.07, 6.45) is 0.968. The van der Waals surface area contributed by atoms with Crippen LogP contribution in [0.15, 0.2) is 35.5 Å². The Bertz CT molecular complexity index is 623. The Kier molecular flexibility index (Phi) is 6.37. The predicted octanol–water partition coefficient (Wildman–Crippen LogP) is 2.17. The summed E-state index contributed by atoms with van der Waals surface area (Å²) >= 11 is 0. The van der Waals surface area contributed by atoms with Crippen LogP contribution in [0.5, 0.6) is 0 Å². The molecule has 0 radical (unpaired) electrons. The fourth-order valence-corrected chi connectivity index (χ4v) is 2.61. The van der Waals surface area contributed by atoms with Gasteiger partial charge in [-0.2, -0.15) is 0 Å². The van der Waals surface area contributed by atoms with E-state index in [4.69, 9.17) is 4.74 Å². The molecule has 0 saturated heterocycles. The zero-order valence-electron chi connectivity index (χ0n) is 14.4. The van der Waals surface area contributed by atoms with E-state index in [1.54, 1.807) is 6.92 Å². The highest BCUT2D eigenvalue weighted by molar-refractivity contribution is 5.95. The van der Waals surface area contributed by atoms with Gasteiger partial charge in [-0.25, -0.2) is 9.59 Å². The summed E-state index contributed by atoms with van der Waals surface area (Å²) in [7, 11) is 0. The third-order valence-electron chi connectivity index (χ3n) is 3.79. The first-order valence-corrected chi connectivity index (χ1v) is 8.31. The lowest BCUT2D eigenvalue weighted by molar-refractivity contribution is -0.139. The Morgan fingerprint density at radius 1 is 1.25 bits per heavy atom. The molecule has 1 atom stereocenters. The number of nitrogens with one attached hydrogen (secondary N) is 3. The van der Waals surface area contributed by atoms with Crippen molar-refractivity contribution >= 4 is 12.0 Å². The van der Waals surface area contributed by atoms with Crippen molar-refractivity contribution < 1.29 is 14.3 Å². The van der Waals surface area contributed by atoms with Gasteiger partial charge in [0.15, 0.2) is 0 Å². The summed E-state index contributed by atoms with van der Waals surface area (Å²) in [6.45, 7) is 7.32. The Morgan fingerprint density at radius 3 is 2.58 bits per heavy atom. The number of carbonyl (C=O) groups excluding carboxylic acids is 2. The first-order chi connectivity index (χ1) is 11.6. The molecule has 1 heterocycles. The fraction of sp³-hybridized carbons (Fsp3) is 0.444. The fourth-order valence-electron chi connectivity index (χ4n) is 2.61. The molecule has 1 aromatic rings. The lowest BCUT2D eigenvalue weighted by Gasteiger charge is -2.29. The van der Waals surface area contributed by atoms with Crippen LogP contribution in [0.3, 0.4) is 0 Å². The van der Waals surface area contributed by atoms with E-state index in [0.717, 1.165) is 24.1 Å². The molecule has 1 aliphatic rings. The van der Waals surface area contributed by atoms with Crippen LogP contribution in [0, 0.1) is 6.92 Å². The normalized spacial score (nSPS) is 17.3. The zero-order chi connectivity index (χ0) is 17.5. The molecule has 0 aliphatic carbocycles. The molecule has 1 aliphatic heterocycles. The van der Waals surface area contributed by atoms with Gasteiger partial charge in [-0.05, 0) is 32.4 Å². The minimum atomic E-state index is -0.517. The second-order valence-electron chi connectivity index (χ2n) is 5.73. The highest BCUT2D eigenvalue weighted by Crippen LogP contribution is 2.27. The van der Waals surface area contributed by atoms with Gasteiger partial charge in [0.1, 0.15) is 0 Å². The average molecular weight is 331 g/mol. The van der Waals surface area contributed by atoms with Crippen LogP contribution in [0.4, 0.5) is 4.79 Å². The zero-order valence-corrected chi connectivity index (χ0v) is 14.4. The number of aryl methyl sites for hydroxylation is 1. The van der Waals surface area contributed by atoms with Crippen LogP contribution >= 0.6 is 0 Å². The summed E-state index contributed by atoms with van der Waals surface area (Å²) in [4.78, 5) is 24.5. The number of amides is 2. The summed E-state index contributed by atoms with van der Waals surface area (Å²) in [5.74, 6) is -0.413. The van der Waals surface area contributed by atoms with E-state index >= 15 is 0 Å². The van der Waals surface area contributed by atoms with Gasteiger partial charge in [0.25, 0.3) is 0 Å². The first-order valence-electron chi connectivity index (χ1n) is 8.31. The number of rotatable bonds is 7. The standard InChI is InChI=1S/C18H25N3O3/c1-4-10-19-11-14-15(17(22)24-5-2)16(21-18(23)20-14)13-8-6-12(3)7-9-13/h6-9,16,19H,4-5,10-11H2,1-3H3,(H2,20,21,23). The van der Waals surface area contributed by atoms with Crippen LogP contribution in [-0.4, -0.2) is 31.7 Å². The van der Waals surface area contributed by atoms with E-state index in [-0.39, 0.29) is 12.6 Å². The van der Waals surface area contributed by atoms with Crippen molar-refractivity contribution in [2.75, 3.05) is 19.7 Å². The molecule has 130 valence electrons. The van der Waals surface area contributed by atoms with Gasteiger partial charge >= 0.3 is 12.0 Å². The van der Waals surface area contributed by atoms with E-state index in [1.807, 2.05) is 31.2 Å². The van der Waals surface area contributed by atoms with Crippen LogP contribution in [0.2, 0.25) is 0 Å². The largest absolute Gasteiger partial charge is 0.463 e. The molecule has 1 aromatic carbocycles. The minimum absolute atomic E-state index is 0.284. The molecule has 1 unspecified atom stereocenters. The number of carbonyl (C=O) groups is 2. The maximum Gasteiger partial charge on any atom is 0.338 e. The van der Waals surface area contributed by atoms with Crippen LogP contribution in [0.25, 0.3) is 0 Å². The van der Waals surface area contributed by atoms with Gasteiger partial charge in [0.05, 0.1) is 18.2 Å². The maximum absolute atomic E-state index is 12.5. The second-order valence-corrected chi connectivity index (χ2v) is 5.73. The SMILES string of the molecule is CCCNCC1=C(C(=O)OCC)C(c2ccc(C)cc2)NC(=O)N1. The lowest BCUT2D eigenvalue weighted by atomic mass is 9.94. The van der Waals surface area contributed by atoms with Gasteiger partial charge in [-0.1, -0.05) is 36.8 Å². The predicted molar refractivity (Wildman–Crippen MR) is 92.4 cm³/mol. The Morgan fingerprint density at radius 2 is 1.96 bits per heavy atom. The van der Waals surface area contributed by atoms with Crippen LogP contribution < -0.4 is 16.0 Å². The minimum Gasteiger partial charge on any atom is -0.463 e. The van der Waals surface area contributed by atoms with E-state index in [1.165, 1.54) is 0 Å². The quantitative estimate of drug-likeness (QED) is 0.528. The molecule has 2 amide bonds. The number of benzene rings is 1. The molecule has 6 heteroatoms. The van der Waals surface area contributed by atoms with Crippen molar-refractivity contribution in [3.63, 3.8) is 0 Å². The monoisotopic (exact) mass is 331 g/mol. The summed E-state index contributed by atoms with van der Waals surface area (Å²) in [6, 6.07) is 6.92. The number of urea groups is 1. The van der Waals surface area contributed by atoms with Crippen molar-refractivity contribution in [3.8, 4) is 0 Å². The summed E-state index contributed by atoms with van der Waals surface area (Å²) in [5, 5.41) is 8.79. The number of hydrogen-bond donors (Lipinski definition) is 3. The maximum atomic E-state index is 12.5. The summed E-state index contributed by atoms with van der Waals surface area (Å²) < 4.78 is 5.21. The molecule has 0 spiro atoms. The van der Waals surface area contributed by atoms with E-state index in [2.05, 4.69) is 22.9 Å². The number of esters is 1. The molecule has 24 heavy (non-hydrogen) atoms. The van der Waals surface area contributed by atoms with Gasteiger partial charge in [0, 0.05) is 12.2 Å². The Labute approximate surface area is 142 Å². The molecule has 0 aromatic heterocycles. The third-order valence-corrected chi connectivity index (χ3v) is 3.79. The van der Waals surface area contributed by atoms with Crippen molar-refractivity contribution in [2.45, 2.75) is 33.2 Å². The summed E-state index contributed by atoms with van der Waals surface area (Å²) in [5.41, 5.74) is 2.98. The van der Waals surface area contributed by atoms with Crippen molar-refractivity contribution in [2.24, 2.45) is 0 Å². The van der Waals surface area contributed by atoms with Gasteiger partial charge in [-0.15, -0.1) is 0 Å². The number of ether oxygens (including phenoxy) is 1. The highest BCUT2D eigenvalue weighted by atomic mass is 16.5. The van der Waals surface area contributed by atoms with E-state index in [0.29, 0.717) is 17.8 Å². The Hall–Kier alpha value is -2.34. The topological polar surface area (TPSA) is 79.5 Å². The van der Waals surface area contributed by atoms with E-state index in [9.17, 15) is 9.59 Å². The highest BCUT2D eigenvalue weighted by Gasteiger charge is 2.33. The average Bonchev–Trinajstić information content (AvgIpc) is 2.55. The van der Waals surface area contributed by atoms with Crippen molar-refractivity contribution in [3.05, 3.63) is 46.7 Å². The molecule has 0 fully saturated rings. The molecular formula is C18H25N3O3. The Balaban J connectivity index is 2.40. The first kappa shape index (κ1) is 18.0. The molecule has 3 N–H and O–H groups in total. The molecule has 0 saturated carbocycles. The molecule has 2 rings (SSSR count). The van der Waals surface area contributed by atoms with Crippen molar-refractivity contribution in [1.29, 1.82) is 0 Å². The molecule has 0 bridgehead atoms. The number of hydrogen-bond acceptors (Lipinski definition) is 4. The van der Waals surface area contributed by atoms with Crippen LogP contribution in [-0.2, 0) is 9.53 Å². The van der Waals surface area contributed by atoms with Gasteiger partial charge in [-0.3, -0.25) is 0 Å². The van der Waals surface area contributed by atoms with Crippen molar-refractivity contribution in [1.82, 2.24) is 16.0 Å². The smallest absolute Gasteiger partial charge is 0.338 e.